The number of hydrogen-bond acceptors (Lipinski definition) is 1. The Morgan fingerprint density at radius 1 is 0.686 bits per heavy atom. The van der Waals surface area contributed by atoms with Crippen LogP contribution < -0.4 is 5.73 Å². The number of halogens is 3. The van der Waals surface area contributed by atoms with Gasteiger partial charge in [0.25, 0.3) is 0 Å². The van der Waals surface area contributed by atoms with E-state index in [0.29, 0.717) is 11.1 Å². The van der Waals surface area contributed by atoms with Gasteiger partial charge in [0, 0.05) is 23.0 Å². The van der Waals surface area contributed by atoms with Crippen molar-refractivity contribution in [2.45, 2.75) is 39.4 Å². The molecule has 2 nitrogen and oxygen atoms in total. The van der Waals surface area contributed by atoms with Gasteiger partial charge in [-0.3, -0.25) is 0 Å². The van der Waals surface area contributed by atoms with Gasteiger partial charge in [-0.2, -0.15) is 13.2 Å². The molecule has 0 unspecified atom stereocenters. The summed E-state index contributed by atoms with van der Waals surface area (Å²) in [5, 5.41) is 2.38. The molecule has 1 heterocycles. The lowest BCUT2D eigenvalue weighted by atomic mass is 9.97. The first-order valence-electron chi connectivity index (χ1n) is 11.9. The number of aromatic nitrogens is 1. The highest BCUT2D eigenvalue weighted by atomic mass is 19.4. The first-order chi connectivity index (χ1) is 16.8. The van der Waals surface area contributed by atoms with Crippen molar-refractivity contribution >= 4 is 21.8 Å². The molecule has 0 aliphatic rings. The monoisotopic (exact) mass is 472 g/mol. The van der Waals surface area contributed by atoms with Crippen LogP contribution in [0.25, 0.3) is 38.6 Å². The van der Waals surface area contributed by atoms with E-state index in [1.165, 1.54) is 28.0 Å². The Bertz CT molecular complexity index is 1460. The highest BCUT2D eigenvalue weighted by Gasteiger charge is 2.33. The van der Waals surface area contributed by atoms with Crippen LogP contribution in [0, 0.1) is 0 Å². The zero-order valence-electron chi connectivity index (χ0n) is 19.8. The minimum Gasteiger partial charge on any atom is -0.326 e. The van der Waals surface area contributed by atoms with Crippen molar-refractivity contribution in [3.63, 3.8) is 0 Å². The van der Waals surface area contributed by atoms with E-state index in [2.05, 4.69) is 54.8 Å². The Hall–Kier alpha value is -3.57. The number of nitrogens with zero attached hydrogens (tertiary/aromatic N) is 1. The summed E-state index contributed by atoms with van der Waals surface area (Å²) in [6, 6.07) is 24.7. The molecule has 5 rings (SSSR count). The fraction of sp³-hybridized carbons (Fsp3) is 0.200. The Kier molecular flexibility index (Phi) is 5.89. The van der Waals surface area contributed by atoms with Crippen molar-refractivity contribution in [3.8, 4) is 16.8 Å². The maximum atomic E-state index is 13.8. The summed E-state index contributed by atoms with van der Waals surface area (Å²) in [5.41, 5.74) is 11.7. The average Bonchev–Trinajstić information content (AvgIpc) is 3.20. The molecule has 0 amide bonds. The van der Waals surface area contributed by atoms with E-state index >= 15 is 0 Å². The molecule has 0 spiro atoms. The van der Waals surface area contributed by atoms with Gasteiger partial charge in [0.15, 0.2) is 0 Å². The van der Waals surface area contributed by atoms with Crippen molar-refractivity contribution in [1.29, 1.82) is 0 Å². The predicted octanol–water partition coefficient (Wildman–Crippen LogP) is 8.05. The van der Waals surface area contributed by atoms with E-state index in [1.807, 2.05) is 12.1 Å². The minimum absolute atomic E-state index is 0.0650. The van der Waals surface area contributed by atoms with Crippen LogP contribution in [0.4, 0.5) is 13.2 Å². The number of fused-ring (bicyclic) bond motifs is 3. The van der Waals surface area contributed by atoms with E-state index in [-0.39, 0.29) is 12.1 Å². The van der Waals surface area contributed by atoms with Crippen LogP contribution in [-0.2, 0) is 25.6 Å². The van der Waals surface area contributed by atoms with Crippen LogP contribution in [0.5, 0.6) is 0 Å². The Labute approximate surface area is 202 Å². The Morgan fingerprint density at radius 3 is 1.71 bits per heavy atom. The number of benzene rings is 4. The van der Waals surface area contributed by atoms with Gasteiger partial charge in [0.1, 0.15) is 0 Å². The molecule has 5 aromatic rings. The molecular weight excluding hydrogens is 445 g/mol. The molecule has 2 N–H and O–H groups in total. The molecule has 178 valence electrons. The molecule has 4 aromatic carbocycles. The summed E-state index contributed by atoms with van der Waals surface area (Å²) in [6.45, 7) is 4.35. The Morgan fingerprint density at radius 2 is 1.23 bits per heavy atom. The number of hydrogen-bond donors (Lipinski definition) is 1. The third-order valence-corrected chi connectivity index (χ3v) is 6.77. The van der Waals surface area contributed by atoms with E-state index in [1.54, 1.807) is 18.2 Å². The second-order valence-electron chi connectivity index (χ2n) is 8.87. The molecule has 0 saturated carbocycles. The molecule has 0 radical (unpaired) electrons. The lowest BCUT2D eigenvalue weighted by Crippen LogP contribution is -2.09. The summed E-state index contributed by atoms with van der Waals surface area (Å²) in [7, 11) is 0. The number of alkyl halides is 3. The quantitative estimate of drug-likeness (QED) is 0.276. The molecule has 0 saturated heterocycles. The van der Waals surface area contributed by atoms with Gasteiger partial charge in [-0.15, -0.1) is 0 Å². The largest absolute Gasteiger partial charge is 0.417 e. The fourth-order valence-corrected chi connectivity index (χ4v) is 4.83. The first-order valence-corrected chi connectivity index (χ1v) is 11.9. The van der Waals surface area contributed by atoms with Crippen molar-refractivity contribution in [1.82, 2.24) is 4.57 Å². The van der Waals surface area contributed by atoms with E-state index in [9.17, 15) is 13.2 Å². The standard InChI is InChI=1S/C30H27F3N2/c1-3-19-6-13-28-25(15-19)26-16-20(4-2)7-14-29(26)35(28)23-10-8-22(9-11-23)24-12-5-21(18-34)17-27(24)30(31,32)33/h5-17H,3-4,18,34H2,1-2H3. The second-order valence-corrected chi connectivity index (χ2v) is 8.87. The van der Waals surface area contributed by atoms with Crippen LogP contribution in [0.15, 0.2) is 78.9 Å². The van der Waals surface area contributed by atoms with Gasteiger partial charge < -0.3 is 10.3 Å². The normalized spacial score (nSPS) is 12.1. The lowest BCUT2D eigenvalue weighted by Gasteiger charge is -2.15. The van der Waals surface area contributed by atoms with Crippen LogP contribution in [0.1, 0.15) is 36.1 Å². The van der Waals surface area contributed by atoms with Crippen molar-refractivity contribution in [2.75, 3.05) is 0 Å². The van der Waals surface area contributed by atoms with E-state index in [0.717, 1.165) is 35.6 Å². The summed E-state index contributed by atoms with van der Waals surface area (Å²) in [5.74, 6) is 0. The smallest absolute Gasteiger partial charge is 0.326 e. The van der Waals surface area contributed by atoms with Gasteiger partial charge in [0.05, 0.1) is 16.6 Å². The second kappa shape index (κ2) is 8.90. The van der Waals surface area contributed by atoms with Gasteiger partial charge in [-0.05, 0) is 83.1 Å². The lowest BCUT2D eigenvalue weighted by molar-refractivity contribution is -0.137. The molecule has 1 aromatic heterocycles. The third kappa shape index (κ3) is 4.10. The molecule has 0 fully saturated rings. The Balaban J connectivity index is 1.67. The van der Waals surface area contributed by atoms with Crippen LogP contribution >= 0.6 is 0 Å². The summed E-state index contributed by atoms with van der Waals surface area (Å²) in [4.78, 5) is 0. The number of rotatable bonds is 5. The highest BCUT2D eigenvalue weighted by Crippen LogP contribution is 2.39. The fourth-order valence-electron chi connectivity index (χ4n) is 4.83. The number of aryl methyl sites for hydroxylation is 2. The highest BCUT2D eigenvalue weighted by molar-refractivity contribution is 6.09. The van der Waals surface area contributed by atoms with Gasteiger partial charge in [-0.1, -0.05) is 50.2 Å². The maximum Gasteiger partial charge on any atom is 0.417 e. The molecule has 35 heavy (non-hydrogen) atoms. The van der Waals surface area contributed by atoms with Gasteiger partial charge >= 0.3 is 6.18 Å². The molecule has 5 heteroatoms. The summed E-state index contributed by atoms with van der Waals surface area (Å²) >= 11 is 0. The molecule has 0 atom stereocenters. The first kappa shape index (κ1) is 23.2. The third-order valence-electron chi connectivity index (χ3n) is 6.77. The zero-order valence-corrected chi connectivity index (χ0v) is 19.8. The molecule has 0 aliphatic carbocycles. The zero-order chi connectivity index (χ0) is 24.7. The van der Waals surface area contributed by atoms with Crippen molar-refractivity contribution < 1.29 is 13.2 Å². The van der Waals surface area contributed by atoms with E-state index in [4.69, 9.17) is 5.73 Å². The minimum atomic E-state index is -4.46. The molecule has 0 aliphatic heterocycles. The summed E-state index contributed by atoms with van der Waals surface area (Å²) < 4.78 is 43.5. The number of nitrogens with two attached hydrogens (primary N) is 1. The van der Waals surface area contributed by atoms with Crippen LogP contribution in [0.3, 0.4) is 0 Å². The topological polar surface area (TPSA) is 30.9 Å². The SMILES string of the molecule is CCc1ccc2c(c1)c1cc(CC)ccc1n2-c1ccc(-c2ccc(CN)cc2C(F)(F)F)cc1. The van der Waals surface area contributed by atoms with Crippen LogP contribution in [-0.4, -0.2) is 4.57 Å². The van der Waals surface area contributed by atoms with Gasteiger partial charge in [0.2, 0.25) is 0 Å². The van der Waals surface area contributed by atoms with Crippen molar-refractivity contribution in [2.24, 2.45) is 5.73 Å². The molecule has 0 bridgehead atoms. The van der Waals surface area contributed by atoms with Crippen molar-refractivity contribution in [3.05, 3.63) is 101 Å². The average molecular weight is 473 g/mol. The predicted molar refractivity (Wildman–Crippen MR) is 138 cm³/mol. The van der Waals surface area contributed by atoms with Gasteiger partial charge in [-0.25, -0.2) is 0 Å². The molecular formula is C30H27F3N2. The summed E-state index contributed by atoms with van der Waals surface area (Å²) in [6.07, 6.45) is -2.55. The maximum absolute atomic E-state index is 13.8. The van der Waals surface area contributed by atoms with E-state index < -0.39 is 11.7 Å². The van der Waals surface area contributed by atoms with Crippen LogP contribution in [0.2, 0.25) is 0 Å².